The Hall–Kier alpha value is -2.23. The minimum Gasteiger partial charge on any atom is -0.468 e. The van der Waals surface area contributed by atoms with E-state index in [0.717, 1.165) is 17.3 Å². The molecule has 0 atom stereocenters. The summed E-state index contributed by atoms with van der Waals surface area (Å²) in [5.74, 6) is 1.37. The molecule has 4 rings (SSSR count). The zero-order valence-electron chi connectivity index (χ0n) is 16.5. The van der Waals surface area contributed by atoms with E-state index in [-0.39, 0.29) is 12.6 Å². The molecule has 29 heavy (non-hydrogen) atoms. The number of piperidine rings is 1. The maximum Gasteiger partial charge on any atom is 0.253 e. The zero-order valence-corrected chi connectivity index (χ0v) is 18.1. The molecule has 0 aliphatic carbocycles. The van der Waals surface area contributed by atoms with Crippen LogP contribution in [0.5, 0.6) is 0 Å². The fourth-order valence-corrected chi connectivity index (χ4v) is 6.47. The molecule has 0 unspecified atom stereocenters. The average Bonchev–Trinajstić information content (AvgIpc) is 3.39. The second-order valence-corrected chi connectivity index (χ2v) is 10.3. The van der Waals surface area contributed by atoms with Crippen molar-refractivity contribution < 1.29 is 12.8 Å². The number of hydrogen-bond donors (Lipinski definition) is 0. The van der Waals surface area contributed by atoms with E-state index in [1.54, 1.807) is 34.1 Å². The van der Waals surface area contributed by atoms with E-state index in [1.165, 1.54) is 11.3 Å². The molecule has 0 N–H and O–H groups in total. The maximum absolute atomic E-state index is 13.3. The van der Waals surface area contributed by atoms with Gasteiger partial charge in [-0.25, -0.2) is 18.4 Å². The van der Waals surface area contributed by atoms with Crippen LogP contribution in [0.1, 0.15) is 30.0 Å². The van der Waals surface area contributed by atoms with E-state index in [0.29, 0.717) is 35.9 Å². The standard InChI is InChI=1S/C20H24N4O3S2/c1-15-13-16(2)22-20(21-15)23-9-7-17(8-10-23)24(14-18-5-3-11-27-18)29(25,26)19-6-4-12-28-19/h3-6,11-13,17H,7-10,14H2,1-2H3. The molecule has 3 aromatic heterocycles. The van der Waals surface area contributed by atoms with Gasteiger partial charge in [0.2, 0.25) is 5.95 Å². The molecule has 4 heterocycles. The first kappa shape index (κ1) is 20.1. The van der Waals surface area contributed by atoms with Crippen molar-refractivity contribution >= 4 is 27.3 Å². The van der Waals surface area contributed by atoms with Gasteiger partial charge in [0, 0.05) is 30.5 Å². The fourth-order valence-electron chi connectivity index (χ4n) is 3.69. The van der Waals surface area contributed by atoms with E-state index in [2.05, 4.69) is 14.9 Å². The largest absolute Gasteiger partial charge is 0.468 e. The molecule has 1 fully saturated rings. The monoisotopic (exact) mass is 432 g/mol. The highest BCUT2D eigenvalue weighted by Gasteiger charge is 2.35. The van der Waals surface area contributed by atoms with Crippen molar-refractivity contribution in [2.75, 3.05) is 18.0 Å². The first-order valence-corrected chi connectivity index (χ1v) is 11.9. The smallest absolute Gasteiger partial charge is 0.253 e. The van der Waals surface area contributed by atoms with E-state index < -0.39 is 10.0 Å². The molecule has 3 aromatic rings. The van der Waals surface area contributed by atoms with Gasteiger partial charge in [0.05, 0.1) is 12.8 Å². The Kier molecular flexibility index (Phi) is 5.71. The van der Waals surface area contributed by atoms with Gasteiger partial charge < -0.3 is 9.32 Å². The Morgan fingerprint density at radius 1 is 1.17 bits per heavy atom. The number of hydrogen-bond acceptors (Lipinski definition) is 7. The first-order valence-electron chi connectivity index (χ1n) is 9.58. The highest BCUT2D eigenvalue weighted by molar-refractivity contribution is 7.91. The van der Waals surface area contributed by atoms with Crippen LogP contribution in [0.2, 0.25) is 0 Å². The molecule has 9 heteroatoms. The SMILES string of the molecule is Cc1cc(C)nc(N2CCC(N(Cc3ccco3)S(=O)(=O)c3cccs3)CC2)n1. The summed E-state index contributed by atoms with van der Waals surface area (Å²) >= 11 is 1.24. The average molecular weight is 433 g/mol. The highest BCUT2D eigenvalue weighted by atomic mass is 32.2. The molecule has 1 aliphatic heterocycles. The molecule has 154 valence electrons. The van der Waals surface area contributed by atoms with Crippen molar-refractivity contribution in [2.45, 2.75) is 43.5 Å². The lowest BCUT2D eigenvalue weighted by molar-refractivity contribution is 0.252. The third-order valence-corrected chi connectivity index (χ3v) is 8.35. The molecule has 0 saturated carbocycles. The third kappa shape index (κ3) is 4.36. The van der Waals surface area contributed by atoms with Gasteiger partial charge in [-0.05, 0) is 56.3 Å². The number of thiophene rings is 1. The van der Waals surface area contributed by atoms with Crippen LogP contribution in [-0.4, -0.2) is 41.8 Å². The fraction of sp³-hybridized carbons (Fsp3) is 0.400. The molecule has 1 aliphatic rings. The lowest BCUT2D eigenvalue weighted by Gasteiger charge is -2.37. The van der Waals surface area contributed by atoms with Crippen LogP contribution in [0.4, 0.5) is 5.95 Å². The molecular weight excluding hydrogens is 408 g/mol. The summed E-state index contributed by atoms with van der Waals surface area (Å²) in [5, 5.41) is 1.79. The predicted molar refractivity (Wildman–Crippen MR) is 112 cm³/mol. The minimum atomic E-state index is -3.59. The third-order valence-electron chi connectivity index (χ3n) is 5.07. The molecule has 7 nitrogen and oxygen atoms in total. The van der Waals surface area contributed by atoms with Gasteiger partial charge in [0.1, 0.15) is 9.97 Å². The van der Waals surface area contributed by atoms with Crippen molar-refractivity contribution in [1.82, 2.24) is 14.3 Å². The van der Waals surface area contributed by atoms with Crippen LogP contribution in [0.15, 0.2) is 50.6 Å². The van der Waals surface area contributed by atoms with Gasteiger partial charge in [0.25, 0.3) is 10.0 Å². The summed E-state index contributed by atoms with van der Waals surface area (Å²) in [4.78, 5) is 11.2. The summed E-state index contributed by atoms with van der Waals surface area (Å²) < 4.78 is 34.0. The van der Waals surface area contributed by atoms with Crippen molar-refractivity contribution in [3.63, 3.8) is 0 Å². The van der Waals surface area contributed by atoms with Crippen LogP contribution in [0, 0.1) is 13.8 Å². The molecule has 0 bridgehead atoms. The normalized spacial score (nSPS) is 15.9. The first-order chi connectivity index (χ1) is 13.9. The molecule has 0 aromatic carbocycles. The second kappa shape index (κ2) is 8.25. The van der Waals surface area contributed by atoms with Crippen molar-refractivity contribution in [3.8, 4) is 0 Å². The maximum atomic E-state index is 13.3. The number of aromatic nitrogens is 2. The van der Waals surface area contributed by atoms with Gasteiger partial charge in [0.15, 0.2) is 0 Å². The Balaban J connectivity index is 1.55. The zero-order chi connectivity index (χ0) is 20.4. The Labute approximate surface area is 175 Å². The van der Waals surface area contributed by atoms with Crippen LogP contribution in [0.25, 0.3) is 0 Å². The summed E-state index contributed by atoms with van der Waals surface area (Å²) in [5.41, 5.74) is 1.88. The molecule has 1 saturated heterocycles. The number of sulfonamides is 1. The Morgan fingerprint density at radius 2 is 1.90 bits per heavy atom. The Bertz CT molecular complexity index is 1020. The molecule has 0 spiro atoms. The van der Waals surface area contributed by atoms with Gasteiger partial charge >= 0.3 is 0 Å². The molecule has 0 amide bonds. The predicted octanol–water partition coefficient (Wildman–Crippen LogP) is 3.61. The van der Waals surface area contributed by atoms with E-state index in [9.17, 15) is 8.42 Å². The van der Waals surface area contributed by atoms with Gasteiger partial charge in [-0.1, -0.05) is 6.07 Å². The topological polar surface area (TPSA) is 79.5 Å². The second-order valence-electron chi connectivity index (χ2n) is 7.23. The van der Waals surface area contributed by atoms with Crippen molar-refractivity contribution in [1.29, 1.82) is 0 Å². The molecule has 0 radical (unpaired) electrons. The Morgan fingerprint density at radius 3 is 2.48 bits per heavy atom. The minimum absolute atomic E-state index is 0.102. The summed E-state index contributed by atoms with van der Waals surface area (Å²) in [6.07, 6.45) is 2.99. The van der Waals surface area contributed by atoms with E-state index >= 15 is 0 Å². The number of anilines is 1. The van der Waals surface area contributed by atoms with Crippen LogP contribution >= 0.6 is 11.3 Å². The quantitative estimate of drug-likeness (QED) is 0.592. The number of aryl methyl sites for hydroxylation is 2. The number of rotatable bonds is 6. The number of nitrogens with zero attached hydrogens (tertiary/aromatic N) is 4. The van der Waals surface area contributed by atoms with Crippen LogP contribution in [0.3, 0.4) is 0 Å². The van der Waals surface area contributed by atoms with Gasteiger partial charge in [-0.3, -0.25) is 0 Å². The van der Waals surface area contributed by atoms with E-state index in [1.807, 2.05) is 26.0 Å². The highest BCUT2D eigenvalue weighted by Crippen LogP contribution is 2.29. The van der Waals surface area contributed by atoms with Crippen LogP contribution in [-0.2, 0) is 16.6 Å². The lowest BCUT2D eigenvalue weighted by atomic mass is 10.1. The number of furan rings is 1. The lowest BCUT2D eigenvalue weighted by Crippen LogP contribution is -2.47. The van der Waals surface area contributed by atoms with Crippen molar-refractivity contribution in [2.24, 2.45) is 0 Å². The summed E-state index contributed by atoms with van der Waals surface area (Å²) in [6.45, 7) is 5.58. The summed E-state index contributed by atoms with van der Waals surface area (Å²) in [6, 6.07) is 8.88. The van der Waals surface area contributed by atoms with E-state index in [4.69, 9.17) is 4.42 Å². The van der Waals surface area contributed by atoms with Gasteiger partial charge in [-0.15, -0.1) is 11.3 Å². The van der Waals surface area contributed by atoms with Crippen molar-refractivity contribution in [3.05, 3.63) is 59.1 Å². The van der Waals surface area contributed by atoms with Crippen LogP contribution < -0.4 is 4.90 Å². The molecular formula is C20H24N4O3S2. The van der Waals surface area contributed by atoms with Gasteiger partial charge in [-0.2, -0.15) is 4.31 Å². The summed E-state index contributed by atoms with van der Waals surface area (Å²) in [7, 11) is -3.59.